The highest BCUT2D eigenvalue weighted by atomic mass is 28.3. The highest BCUT2D eigenvalue weighted by Gasteiger charge is 2.16. The van der Waals surface area contributed by atoms with Crippen LogP contribution in [0, 0.1) is 0 Å². The Balaban J connectivity index is 1.84. The van der Waals surface area contributed by atoms with Gasteiger partial charge in [-0.1, -0.05) is 43.9 Å². The summed E-state index contributed by atoms with van der Waals surface area (Å²) in [6.45, 7) is 7.02. The average molecular weight is 317 g/mol. The first-order chi connectivity index (χ1) is 11.0. The molecule has 0 bridgehead atoms. The van der Waals surface area contributed by atoms with E-state index in [1.54, 1.807) is 0 Å². The fourth-order valence-corrected chi connectivity index (χ4v) is 3.93. The Morgan fingerprint density at radius 1 is 0.826 bits per heavy atom. The molecule has 0 aliphatic rings. The minimum absolute atomic E-state index is 0.925. The molecule has 2 heterocycles. The quantitative estimate of drug-likeness (QED) is 0.475. The number of aromatic nitrogens is 1. The van der Waals surface area contributed by atoms with E-state index < -0.39 is 8.07 Å². The molecule has 0 aliphatic heterocycles. The molecule has 4 aromatic rings. The zero-order valence-electron chi connectivity index (χ0n) is 13.6. The summed E-state index contributed by atoms with van der Waals surface area (Å²) >= 11 is 0. The Morgan fingerprint density at radius 3 is 2.35 bits per heavy atom. The molecule has 23 heavy (non-hydrogen) atoms. The van der Waals surface area contributed by atoms with Gasteiger partial charge in [-0.3, -0.25) is 4.98 Å². The third-order valence-corrected chi connectivity index (χ3v) is 6.33. The van der Waals surface area contributed by atoms with Crippen LogP contribution in [0.1, 0.15) is 0 Å². The second kappa shape index (κ2) is 5.07. The molecule has 2 aromatic heterocycles. The predicted molar refractivity (Wildman–Crippen MR) is 99.9 cm³/mol. The van der Waals surface area contributed by atoms with E-state index in [1.165, 1.54) is 5.19 Å². The first-order valence-corrected chi connectivity index (χ1v) is 11.4. The van der Waals surface area contributed by atoms with Crippen molar-refractivity contribution in [3.8, 4) is 11.3 Å². The fourth-order valence-electron chi connectivity index (χ4n) is 2.89. The Hall–Kier alpha value is -2.39. The third kappa shape index (κ3) is 2.47. The molecule has 3 heteroatoms. The molecule has 2 nitrogen and oxygen atoms in total. The highest BCUT2D eigenvalue weighted by Crippen LogP contribution is 2.31. The van der Waals surface area contributed by atoms with Crippen molar-refractivity contribution in [2.24, 2.45) is 0 Å². The topological polar surface area (TPSA) is 26.0 Å². The lowest BCUT2D eigenvalue weighted by Crippen LogP contribution is -2.37. The van der Waals surface area contributed by atoms with Crippen molar-refractivity contribution in [1.29, 1.82) is 0 Å². The molecular weight excluding hydrogens is 298 g/mol. The van der Waals surface area contributed by atoms with Gasteiger partial charge in [-0.25, -0.2) is 0 Å². The maximum Gasteiger partial charge on any atom is 0.135 e. The second-order valence-corrected chi connectivity index (χ2v) is 12.1. The van der Waals surface area contributed by atoms with Crippen molar-refractivity contribution >= 4 is 35.2 Å². The van der Waals surface area contributed by atoms with Crippen molar-refractivity contribution in [2.75, 3.05) is 0 Å². The van der Waals surface area contributed by atoms with Gasteiger partial charge >= 0.3 is 0 Å². The van der Waals surface area contributed by atoms with Gasteiger partial charge < -0.3 is 4.42 Å². The molecule has 2 aromatic carbocycles. The van der Waals surface area contributed by atoms with E-state index in [2.05, 4.69) is 50.0 Å². The third-order valence-electron chi connectivity index (χ3n) is 4.30. The van der Waals surface area contributed by atoms with Gasteiger partial charge in [0.2, 0.25) is 0 Å². The van der Waals surface area contributed by atoms with Crippen LogP contribution in [0.5, 0.6) is 0 Å². The van der Waals surface area contributed by atoms with Crippen LogP contribution >= 0.6 is 0 Å². The minimum Gasteiger partial charge on any atom is -0.456 e. The van der Waals surface area contributed by atoms with Crippen molar-refractivity contribution in [1.82, 2.24) is 4.98 Å². The van der Waals surface area contributed by atoms with Gasteiger partial charge in [0.15, 0.2) is 0 Å². The number of furan rings is 1. The second-order valence-electron chi connectivity index (χ2n) is 6.99. The molecule has 0 atom stereocenters. The molecule has 114 valence electrons. The molecule has 0 fully saturated rings. The van der Waals surface area contributed by atoms with Gasteiger partial charge in [0, 0.05) is 22.5 Å². The van der Waals surface area contributed by atoms with Gasteiger partial charge in [-0.2, -0.15) is 0 Å². The van der Waals surface area contributed by atoms with E-state index >= 15 is 0 Å². The first-order valence-electron chi connectivity index (χ1n) is 7.90. The van der Waals surface area contributed by atoms with E-state index in [9.17, 15) is 0 Å². The zero-order chi connectivity index (χ0) is 16.0. The largest absolute Gasteiger partial charge is 0.456 e. The van der Waals surface area contributed by atoms with Crippen LogP contribution in [0.2, 0.25) is 19.6 Å². The number of rotatable bonds is 2. The van der Waals surface area contributed by atoms with Crippen LogP contribution in [-0.2, 0) is 0 Å². The molecule has 0 unspecified atom stereocenters. The Labute approximate surface area is 136 Å². The van der Waals surface area contributed by atoms with Gasteiger partial charge in [0.1, 0.15) is 11.2 Å². The van der Waals surface area contributed by atoms with Crippen LogP contribution in [0.4, 0.5) is 0 Å². The lowest BCUT2D eigenvalue weighted by molar-refractivity contribution is 0.669. The molecule has 4 rings (SSSR count). The number of hydrogen-bond donors (Lipinski definition) is 0. The number of benzene rings is 2. The minimum atomic E-state index is -1.30. The maximum atomic E-state index is 5.89. The monoisotopic (exact) mass is 317 g/mol. The van der Waals surface area contributed by atoms with Crippen molar-refractivity contribution in [3.05, 3.63) is 60.8 Å². The Bertz CT molecular complexity index is 994. The lowest BCUT2D eigenvalue weighted by atomic mass is 10.1. The van der Waals surface area contributed by atoms with Crippen LogP contribution < -0.4 is 5.19 Å². The fraction of sp³-hybridized carbons (Fsp3) is 0.150. The van der Waals surface area contributed by atoms with E-state index in [1.807, 2.05) is 30.5 Å². The normalized spacial score (nSPS) is 12.1. The standard InChI is InChI=1S/C20H19NOSi/c1-23(2,3)15-9-10-18(21-13-15)14-8-11-20-17(12-14)16-6-4-5-7-19(16)22-20/h4-13H,1-3H3. The number of nitrogens with zero attached hydrogens (tertiary/aromatic N) is 1. The molecular formula is C20H19NOSi. The molecule has 0 N–H and O–H groups in total. The van der Waals surface area contributed by atoms with Crippen LogP contribution in [-0.4, -0.2) is 13.1 Å². The summed E-state index contributed by atoms with van der Waals surface area (Å²) in [4.78, 5) is 4.69. The SMILES string of the molecule is C[Si](C)(C)c1ccc(-c2ccc3oc4ccccc4c3c2)nc1. The molecule has 0 radical (unpaired) electrons. The Kier molecular flexibility index (Phi) is 3.13. The maximum absolute atomic E-state index is 5.89. The number of pyridine rings is 1. The van der Waals surface area contributed by atoms with Crippen LogP contribution in [0.15, 0.2) is 65.2 Å². The van der Waals surface area contributed by atoms with E-state index in [-0.39, 0.29) is 0 Å². The number of para-hydroxylation sites is 1. The molecule has 0 spiro atoms. The highest BCUT2D eigenvalue weighted by molar-refractivity contribution is 6.88. The molecule has 0 saturated carbocycles. The van der Waals surface area contributed by atoms with Crippen molar-refractivity contribution in [3.63, 3.8) is 0 Å². The summed E-state index contributed by atoms with van der Waals surface area (Å²) in [5, 5.41) is 3.69. The zero-order valence-corrected chi connectivity index (χ0v) is 14.6. The van der Waals surface area contributed by atoms with E-state index in [0.717, 1.165) is 33.2 Å². The predicted octanol–water partition coefficient (Wildman–Crippen LogP) is 5.19. The summed E-state index contributed by atoms with van der Waals surface area (Å²) in [6.07, 6.45) is 2.04. The van der Waals surface area contributed by atoms with Gasteiger partial charge in [-0.05, 0) is 35.5 Å². The van der Waals surface area contributed by atoms with Crippen LogP contribution in [0.3, 0.4) is 0 Å². The Morgan fingerprint density at radius 2 is 1.61 bits per heavy atom. The molecule has 0 aliphatic carbocycles. The van der Waals surface area contributed by atoms with Gasteiger partial charge in [0.25, 0.3) is 0 Å². The van der Waals surface area contributed by atoms with Crippen molar-refractivity contribution in [2.45, 2.75) is 19.6 Å². The number of hydrogen-bond acceptors (Lipinski definition) is 2. The summed E-state index contributed by atoms with van der Waals surface area (Å²) in [5.41, 5.74) is 4.00. The smallest absolute Gasteiger partial charge is 0.135 e. The van der Waals surface area contributed by atoms with Gasteiger partial charge in [0.05, 0.1) is 13.8 Å². The summed E-state index contributed by atoms with van der Waals surface area (Å²) < 4.78 is 5.89. The molecule has 0 amide bonds. The summed E-state index contributed by atoms with van der Waals surface area (Å²) in [6, 6.07) is 18.8. The van der Waals surface area contributed by atoms with E-state index in [4.69, 9.17) is 9.40 Å². The van der Waals surface area contributed by atoms with Crippen molar-refractivity contribution < 1.29 is 4.42 Å². The van der Waals surface area contributed by atoms with E-state index in [0.29, 0.717) is 0 Å². The number of fused-ring (bicyclic) bond motifs is 3. The van der Waals surface area contributed by atoms with Gasteiger partial charge in [-0.15, -0.1) is 0 Å². The molecule has 0 saturated heterocycles. The first kappa shape index (κ1) is 14.2. The van der Waals surface area contributed by atoms with Crippen LogP contribution in [0.25, 0.3) is 33.2 Å². The summed E-state index contributed by atoms with van der Waals surface area (Å²) in [7, 11) is -1.30. The summed E-state index contributed by atoms with van der Waals surface area (Å²) in [5.74, 6) is 0. The lowest BCUT2D eigenvalue weighted by Gasteiger charge is -2.16. The average Bonchev–Trinajstić information content (AvgIpc) is 2.92.